The van der Waals surface area contributed by atoms with Gasteiger partial charge in [0.1, 0.15) is 29.5 Å². The van der Waals surface area contributed by atoms with Gasteiger partial charge in [0.25, 0.3) is 0 Å². The predicted molar refractivity (Wildman–Crippen MR) is 153 cm³/mol. The fraction of sp³-hybridized carbons (Fsp3) is 0.455. The van der Waals surface area contributed by atoms with Crippen molar-refractivity contribution in [2.24, 2.45) is 0 Å². The highest BCUT2D eigenvalue weighted by molar-refractivity contribution is 7.98. The van der Waals surface area contributed by atoms with Crippen molar-refractivity contribution in [1.82, 2.24) is 24.6 Å². The van der Waals surface area contributed by atoms with E-state index in [0.29, 0.717) is 5.75 Å². The van der Waals surface area contributed by atoms with Gasteiger partial charge in [0.15, 0.2) is 23.9 Å². The van der Waals surface area contributed by atoms with Gasteiger partial charge < -0.3 is 29.7 Å². The van der Waals surface area contributed by atoms with Gasteiger partial charge in [-0.1, -0.05) is 18.2 Å². The van der Waals surface area contributed by atoms with Crippen LogP contribution in [0, 0.1) is 0 Å². The number of aliphatic hydroxyl groups excluding tert-OH is 1. The Hall–Kier alpha value is -2.37. The molecule has 0 amide bonds. The molecule has 0 aliphatic carbocycles. The van der Waals surface area contributed by atoms with Crippen molar-refractivity contribution in [3.05, 3.63) is 41.9 Å². The quantitative estimate of drug-likeness (QED) is 0.109. The van der Waals surface area contributed by atoms with Crippen LogP contribution in [0.25, 0.3) is 11.2 Å². The van der Waals surface area contributed by atoms with Gasteiger partial charge in [0.05, 0.1) is 20.0 Å². The van der Waals surface area contributed by atoms with Gasteiger partial charge in [-0.05, 0) is 42.2 Å². The van der Waals surface area contributed by atoms with Crippen LogP contribution in [0.5, 0.6) is 5.75 Å². The Morgan fingerprint density at radius 1 is 1.33 bits per heavy atom. The average Bonchev–Trinajstić information content (AvgIpc) is 3.50. The molecule has 1 aliphatic rings. The summed E-state index contributed by atoms with van der Waals surface area (Å²) >= 11 is 7.24. The van der Waals surface area contributed by atoms with Gasteiger partial charge in [-0.3, -0.25) is 13.9 Å². The lowest BCUT2D eigenvalue weighted by atomic mass is 10.1. The van der Waals surface area contributed by atoms with Gasteiger partial charge >= 0.3 is 21.5 Å². The molecule has 7 atom stereocenters. The van der Waals surface area contributed by atoms with Crippen LogP contribution >= 0.6 is 38.9 Å². The largest absolute Gasteiger partial charge is 0.481 e. The van der Waals surface area contributed by atoms with Gasteiger partial charge in [-0.2, -0.15) is 31.1 Å². The van der Waals surface area contributed by atoms with E-state index in [1.807, 2.05) is 0 Å². The minimum Gasteiger partial charge on any atom is -0.468 e. The van der Waals surface area contributed by atoms with Crippen molar-refractivity contribution in [2.45, 2.75) is 37.1 Å². The summed E-state index contributed by atoms with van der Waals surface area (Å²) in [5, 5.41) is 12.6. The number of fused-ring (bicyclic) bond motifs is 1. The number of carbonyl (C=O) groups is 1. The number of nitrogen functional groups attached to an aromatic ring is 1. The average molecular weight is 685 g/mol. The first-order valence-corrected chi connectivity index (χ1v) is 17.2. The molecule has 5 N–H and O–H groups in total. The molecule has 21 heteroatoms. The summed E-state index contributed by atoms with van der Waals surface area (Å²) < 4.78 is 68.5. The number of carbonyl (C=O) groups excluding carboxylic acids is 1. The van der Waals surface area contributed by atoms with Crippen molar-refractivity contribution < 1.29 is 51.1 Å². The van der Waals surface area contributed by atoms with Crippen LogP contribution < -0.4 is 15.3 Å². The molecule has 2 aromatic heterocycles. The number of methoxy groups -OCH3 is 1. The molecule has 0 radical (unpaired) electrons. The third-order valence-corrected chi connectivity index (χ3v) is 10.0. The zero-order chi connectivity index (χ0) is 31.4. The maximum absolute atomic E-state index is 15.1. The second kappa shape index (κ2) is 14.2. The van der Waals surface area contributed by atoms with Crippen molar-refractivity contribution >= 4 is 61.9 Å². The van der Waals surface area contributed by atoms with E-state index in [2.05, 4.69) is 20.0 Å². The van der Waals surface area contributed by atoms with Crippen molar-refractivity contribution in [3.8, 4) is 5.75 Å². The third kappa shape index (κ3) is 8.22. The summed E-state index contributed by atoms with van der Waals surface area (Å²) in [6, 6.07) is 6.26. The zero-order valence-electron chi connectivity index (χ0n) is 22.6. The molecule has 1 aliphatic heterocycles. The summed E-state index contributed by atoms with van der Waals surface area (Å²) in [6.45, 7) is -0.894. The molecule has 4 rings (SSSR count). The van der Waals surface area contributed by atoms with E-state index in [4.69, 9.17) is 40.2 Å². The molecular weight excluding hydrogens is 657 g/mol. The second-order valence-corrected chi connectivity index (χ2v) is 13.5. The zero-order valence-corrected chi connectivity index (χ0v) is 25.9. The van der Waals surface area contributed by atoms with E-state index in [1.165, 1.54) is 23.9 Å². The number of phosphoric acid groups is 1. The Kier molecular flexibility index (Phi) is 11.0. The highest BCUT2D eigenvalue weighted by atomic mass is 35.5. The maximum Gasteiger partial charge on any atom is 0.481 e. The van der Waals surface area contributed by atoms with Crippen molar-refractivity contribution in [3.63, 3.8) is 0 Å². The first kappa shape index (κ1) is 33.5. The Labute approximate surface area is 253 Å². The topological polar surface area (TPSA) is 219 Å². The van der Waals surface area contributed by atoms with E-state index < -0.39 is 58.8 Å². The number of esters is 1. The molecule has 3 aromatic rings. The summed E-state index contributed by atoms with van der Waals surface area (Å²) in [5.74, 6) is -0.502. The van der Waals surface area contributed by atoms with Crippen LogP contribution in [-0.4, -0.2) is 85.6 Å². The van der Waals surface area contributed by atoms with Crippen LogP contribution in [0.15, 0.2) is 36.7 Å². The summed E-state index contributed by atoms with van der Waals surface area (Å²) in [4.78, 5) is 34.6. The van der Waals surface area contributed by atoms with Crippen LogP contribution in [-0.2, 0) is 32.2 Å². The first-order chi connectivity index (χ1) is 20.4. The monoisotopic (exact) mass is 684 g/mol. The highest BCUT2D eigenvalue weighted by Gasteiger charge is 2.48. The number of anilines is 1. The lowest BCUT2D eigenvalue weighted by Crippen LogP contribution is -2.37. The minimum absolute atomic E-state index is 0.0155. The lowest BCUT2D eigenvalue weighted by molar-refractivity contribution is -0.142. The Morgan fingerprint density at radius 3 is 2.72 bits per heavy atom. The van der Waals surface area contributed by atoms with E-state index >= 15 is 4.39 Å². The second-order valence-electron chi connectivity index (χ2n) is 8.94. The number of hydrogen-bond acceptors (Lipinski definition) is 14. The number of nitrogens with zero attached hydrogens (tertiary/aromatic N) is 4. The molecule has 3 unspecified atom stereocenters. The Balaban J connectivity index is 1.50. The summed E-state index contributed by atoms with van der Waals surface area (Å²) in [6.07, 6.45) is -3.92. The highest BCUT2D eigenvalue weighted by Crippen LogP contribution is 2.61. The standard InChI is InChI=1S/C22H28ClFN6O10P2S/c1-36-21(32)13(8-9-43-2)29-41(33,39-12-6-4-3-5-7-12)40-42(34,35)37-10-14-17(31)15(24)20(38-14)30-11-26-16-18(25)27-22(23)28-19(16)30/h3-7,11,13-15,17,20,31H,8-10H2,1-2H3,(H,29,33)(H,34,35)(H2,25,27,28)/t13-,14+,15?,17-,20+,41?/m0/s1. The number of phosphoric ester groups is 1. The Morgan fingerprint density at radius 2 is 2.05 bits per heavy atom. The number of imidazole rings is 1. The van der Waals surface area contributed by atoms with E-state index in [9.17, 15) is 23.9 Å². The van der Waals surface area contributed by atoms with Crippen molar-refractivity contribution in [2.75, 3.05) is 31.5 Å². The molecule has 0 bridgehead atoms. The van der Waals surface area contributed by atoms with Gasteiger partial charge in [-0.15, -0.1) is 0 Å². The van der Waals surface area contributed by atoms with Crippen LogP contribution in [0.4, 0.5) is 10.2 Å². The molecule has 1 aromatic carbocycles. The molecule has 0 spiro atoms. The normalized spacial score (nSPS) is 23.9. The number of aromatic nitrogens is 4. The smallest absolute Gasteiger partial charge is 0.468 e. The fourth-order valence-corrected chi connectivity index (χ4v) is 7.62. The number of aliphatic hydroxyl groups is 1. The number of thioether (sulfide) groups is 1. The number of nitrogens with one attached hydrogen (secondary N) is 1. The Bertz CT molecular complexity index is 1530. The number of alkyl halides is 1. The summed E-state index contributed by atoms with van der Waals surface area (Å²) in [7, 11) is -9.02. The SMILES string of the molecule is COC(=O)[C@H](CCSC)NP(=O)(Oc1ccccc1)OP(=O)(O)OC[C@H]1O[C@@H](n2cnc3c(N)nc(Cl)nc32)C(F)[C@H]1O. The molecule has 0 saturated carbocycles. The van der Waals surface area contributed by atoms with Crippen LogP contribution in [0.1, 0.15) is 12.6 Å². The lowest BCUT2D eigenvalue weighted by Gasteiger charge is -2.25. The molecule has 3 heterocycles. The van der Waals surface area contributed by atoms with E-state index in [-0.39, 0.29) is 34.4 Å². The first-order valence-electron chi connectivity index (χ1n) is 12.4. The molecule has 16 nitrogen and oxygen atoms in total. The number of rotatable bonds is 14. The van der Waals surface area contributed by atoms with Crippen molar-refractivity contribution in [1.29, 1.82) is 0 Å². The predicted octanol–water partition coefficient (Wildman–Crippen LogP) is 2.86. The van der Waals surface area contributed by atoms with Crippen LogP contribution in [0.3, 0.4) is 0 Å². The number of hydrogen-bond donors (Lipinski definition) is 4. The molecule has 236 valence electrons. The molecule has 1 saturated heterocycles. The van der Waals surface area contributed by atoms with Gasteiger partial charge in [-0.25, -0.2) is 18.5 Å². The van der Waals surface area contributed by atoms with E-state index in [1.54, 1.807) is 24.5 Å². The number of halogens is 2. The summed E-state index contributed by atoms with van der Waals surface area (Å²) in [5.41, 5.74) is 5.90. The number of ether oxygens (including phenoxy) is 2. The fourth-order valence-electron chi connectivity index (χ4n) is 3.98. The maximum atomic E-state index is 15.1. The van der Waals surface area contributed by atoms with E-state index in [0.717, 1.165) is 18.0 Å². The minimum atomic E-state index is -5.30. The number of benzene rings is 1. The number of nitrogens with two attached hydrogens (primary N) is 1. The number of para-hydroxylation sites is 1. The van der Waals surface area contributed by atoms with Gasteiger partial charge in [0.2, 0.25) is 5.28 Å². The van der Waals surface area contributed by atoms with Gasteiger partial charge in [0, 0.05) is 0 Å². The third-order valence-electron chi connectivity index (χ3n) is 5.98. The molecular formula is C22H28ClFN6O10P2S. The van der Waals surface area contributed by atoms with Crippen LogP contribution in [0.2, 0.25) is 5.28 Å². The molecule has 1 fully saturated rings. The molecule has 43 heavy (non-hydrogen) atoms.